The molecule has 2 heterocycles. The normalized spacial score (nSPS) is 11.3. The Hall–Kier alpha value is -3.41. The molecular weight excluding hydrogens is 344 g/mol. The van der Waals surface area contributed by atoms with Crippen LogP contribution >= 0.6 is 0 Å². The van der Waals surface area contributed by atoms with Gasteiger partial charge < -0.3 is 14.5 Å². The number of fused-ring (bicyclic) bond motifs is 1. The number of aromatic nitrogens is 2. The molecule has 0 saturated heterocycles. The second-order valence-electron chi connectivity index (χ2n) is 6.21. The van der Waals surface area contributed by atoms with Crippen LogP contribution in [0.1, 0.15) is 40.3 Å². The maximum absolute atomic E-state index is 12.5. The van der Waals surface area contributed by atoms with Gasteiger partial charge in [0.1, 0.15) is 11.4 Å². The van der Waals surface area contributed by atoms with Crippen molar-refractivity contribution in [3.63, 3.8) is 0 Å². The van der Waals surface area contributed by atoms with Crippen molar-refractivity contribution < 1.29 is 19.1 Å². The summed E-state index contributed by atoms with van der Waals surface area (Å²) in [7, 11) is 1.57. The van der Waals surface area contributed by atoms with Gasteiger partial charge in [-0.15, -0.1) is 0 Å². The lowest BCUT2D eigenvalue weighted by Crippen LogP contribution is -2.13. The van der Waals surface area contributed by atoms with Crippen molar-refractivity contribution in [2.45, 2.75) is 20.0 Å². The SMILES string of the molecule is COc1ccc2[nH]c(C(=O)OC(C)C)c(/C=C/C(=O)c3ccncc3)c2c1. The van der Waals surface area contributed by atoms with E-state index in [2.05, 4.69) is 9.97 Å². The number of hydrogen-bond acceptors (Lipinski definition) is 5. The van der Waals surface area contributed by atoms with Gasteiger partial charge in [-0.1, -0.05) is 0 Å². The van der Waals surface area contributed by atoms with Gasteiger partial charge in [0.25, 0.3) is 0 Å². The van der Waals surface area contributed by atoms with Crippen LogP contribution in [0.4, 0.5) is 0 Å². The number of hydrogen-bond donors (Lipinski definition) is 1. The van der Waals surface area contributed by atoms with Crippen molar-refractivity contribution in [3.05, 3.63) is 65.6 Å². The fourth-order valence-electron chi connectivity index (χ4n) is 2.70. The van der Waals surface area contributed by atoms with E-state index in [4.69, 9.17) is 9.47 Å². The molecule has 1 N–H and O–H groups in total. The molecule has 2 aromatic heterocycles. The number of allylic oxidation sites excluding steroid dienone is 1. The lowest BCUT2D eigenvalue weighted by molar-refractivity contribution is 0.0371. The van der Waals surface area contributed by atoms with E-state index < -0.39 is 5.97 Å². The van der Waals surface area contributed by atoms with Crippen LogP contribution in [-0.4, -0.2) is 34.9 Å². The molecule has 6 nitrogen and oxygen atoms in total. The number of ether oxygens (including phenoxy) is 2. The monoisotopic (exact) mass is 364 g/mol. The standard InChI is InChI=1S/C21H20N2O4/c1-13(2)27-21(25)20-16(5-7-19(24)14-8-10-22-11-9-14)17-12-15(26-3)4-6-18(17)23-20/h4-13,23H,1-3H3/b7-5+. The van der Waals surface area contributed by atoms with Gasteiger partial charge in [-0.25, -0.2) is 4.79 Å². The van der Waals surface area contributed by atoms with Crippen molar-refractivity contribution in [3.8, 4) is 5.75 Å². The molecular formula is C21H20N2O4. The molecule has 0 bridgehead atoms. The van der Waals surface area contributed by atoms with Gasteiger partial charge in [0.15, 0.2) is 5.78 Å². The van der Waals surface area contributed by atoms with Crippen LogP contribution in [0.3, 0.4) is 0 Å². The number of benzene rings is 1. The highest BCUT2D eigenvalue weighted by molar-refractivity contribution is 6.10. The van der Waals surface area contributed by atoms with Crippen molar-refractivity contribution in [1.82, 2.24) is 9.97 Å². The number of rotatable bonds is 6. The first-order valence-electron chi connectivity index (χ1n) is 8.52. The van der Waals surface area contributed by atoms with Crippen molar-refractivity contribution in [1.29, 1.82) is 0 Å². The van der Waals surface area contributed by atoms with Crippen molar-refractivity contribution in [2.75, 3.05) is 7.11 Å². The van der Waals surface area contributed by atoms with E-state index in [0.717, 1.165) is 10.9 Å². The number of carbonyl (C=O) groups is 2. The van der Waals surface area contributed by atoms with Gasteiger partial charge in [-0.3, -0.25) is 9.78 Å². The molecule has 0 amide bonds. The van der Waals surface area contributed by atoms with Gasteiger partial charge in [0, 0.05) is 34.4 Å². The molecule has 138 valence electrons. The van der Waals surface area contributed by atoms with Crippen LogP contribution in [0.15, 0.2) is 48.8 Å². The van der Waals surface area contributed by atoms with Gasteiger partial charge in [-0.2, -0.15) is 0 Å². The third kappa shape index (κ3) is 4.06. The van der Waals surface area contributed by atoms with E-state index in [9.17, 15) is 9.59 Å². The fraction of sp³-hybridized carbons (Fsp3) is 0.190. The summed E-state index contributed by atoms with van der Waals surface area (Å²) in [6.45, 7) is 3.57. The van der Waals surface area contributed by atoms with Crippen molar-refractivity contribution >= 4 is 28.7 Å². The summed E-state index contributed by atoms with van der Waals surface area (Å²) < 4.78 is 10.6. The molecule has 0 saturated carbocycles. The van der Waals surface area contributed by atoms with Crippen LogP contribution in [-0.2, 0) is 4.74 Å². The van der Waals surface area contributed by atoms with Crippen molar-refractivity contribution in [2.24, 2.45) is 0 Å². The van der Waals surface area contributed by atoms with Crippen LogP contribution in [0, 0.1) is 0 Å². The Morgan fingerprint density at radius 1 is 1.15 bits per heavy atom. The van der Waals surface area contributed by atoms with E-state index in [1.807, 2.05) is 12.1 Å². The van der Waals surface area contributed by atoms with E-state index in [1.165, 1.54) is 6.08 Å². The number of H-pyrrole nitrogens is 1. The third-order valence-electron chi connectivity index (χ3n) is 3.96. The van der Waals surface area contributed by atoms with Gasteiger partial charge in [-0.05, 0) is 56.3 Å². The van der Waals surface area contributed by atoms with E-state index in [-0.39, 0.29) is 11.9 Å². The Labute approximate surface area is 156 Å². The zero-order valence-corrected chi connectivity index (χ0v) is 15.4. The maximum Gasteiger partial charge on any atom is 0.355 e. The molecule has 3 rings (SSSR count). The minimum absolute atomic E-state index is 0.183. The third-order valence-corrected chi connectivity index (χ3v) is 3.96. The molecule has 6 heteroatoms. The van der Waals surface area contributed by atoms with Crippen LogP contribution < -0.4 is 4.74 Å². The number of esters is 1. The number of nitrogens with zero attached hydrogens (tertiary/aromatic N) is 1. The highest BCUT2D eigenvalue weighted by Crippen LogP contribution is 2.28. The van der Waals surface area contributed by atoms with E-state index in [1.54, 1.807) is 57.6 Å². The molecule has 0 fully saturated rings. The molecule has 0 radical (unpaired) electrons. The van der Waals surface area contributed by atoms with Gasteiger partial charge in [0.2, 0.25) is 0 Å². The smallest absolute Gasteiger partial charge is 0.355 e. The lowest BCUT2D eigenvalue weighted by atomic mass is 10.1. The fourth-order valence-corrected chi connectivity index (χ4v) is 2.70. The molecule has 0 spiro atoms. The first-order valence-corrected chi connectivity index (χ1v) is 8.52. The number of aromatic amines is 1. The summed E-state index contributed by atoms with van der Waals surface area (Å²) in [5, 5.41) is 0.767. The summed E-state index contributed by atoms with van der Waals surface area (Å²) in [6.07, 6.45) is 5.92. The van der Waals surface area contributed by atoms with Gasteiger partial charge >= 0.3 is 5.97 Å². The second kappa shape index (κ2) is 7.86. The summed E-state index contributed by atoms with van der Waals surface area (Å²) in [6, 6.07) is 8.71. The van der Waals surface area contributed by atoms with E-state index in [0.29, 0.717) is 22.6 Å². The molecule has 0 atom stereocenters. The summed E-state index contributed by atoms with van der Waals surface area (Å²) in [5.41, 5.74) is 2.15. The number of nitrogens with one attached hydrogen (secondary N) is 1. The Bertz CT molecular complexity index is 1000. The predicted molar refractivity (Wildman–Crippen MR) is 103 cm³/mol. The maximum atomic E-state index is 12.5. The number of methoxy groups -OCH3 is 1. The largest absolute Gasteiger partial charge is 0.497 e. The summed E-state index contributed by atoms with van der Waals surface area (Å²) in [4.78, 5) is 31.9. The number of carbonyl (C=O) groups excluding carboxylic acids is 2. The molecule has 0 aliphatic rings. The zero-order chi connectivity index (χ0) is 19.4. The predicted octanol–water partition coefficient (Wildman–Crippen LogP) is 4.03. The average Bonchev–Trinajstić information content (AvgIpc) is 3.04. The summed E-state index contributed by atoms with van der Waals surface area (Å²) in [5.74, 6) is -0.00520. The number of ketones is 1. The van der Waals surface area contributed by atoms with Crippen LogP contribution in [0.2, 0.25) is 0 Å². The molecule has 0 aliphatic carbocycles. The Kier molecular flexibility index (Phi) is 5.35. The Morgan fingerprint density at radius 2 is 1.89 bits per heavy atom. The topological polar surface area (TPSA) is 81.3 Å². The highest BCUT2D eigenvalue weighted by atomic mass is 16.5. The van der Waals surface area contributed by atoms with Gasteiger partial charge in [0.05, 0.1) is 13.2 Å². The van der Waals surface area contributed by atoms with Crippen LogP contribution in [0.25, 0.3) is 17.0 Å². The van der Waals surface area contributed by atoms with E-state index >= 15 is 0 Å². The average molecular weight is 364 g/mol. The minimum Gasteiger partial charge on any atom is -0.497 e. The molecule has 0 unspecified atom stereocenters. The zero-order valence-electron chi connectivity index (χ0n) is 15.4. The molecule has 27 heavy (non-hydrogen) atoms. The first kappa shape index (κ1) is 18.4. The molecule has 0 aliphatic heterocycles. The Balaban J connectivity index is 2.06. The minimum atomic E-state index is -0.476. The quantitative estimate of drug-likeness (QED) is 0.406. The Morgan fingerprint density at radius 3 is 2.56 bits per heavy atom. The first-order chi connectivity index (χ1) is 13.0. The lowest BCUT2D eigenvalue weighted by Gasteiger charge is -2.07. The number of pyridine rings is 1. The highest BCUT2D eigenvalue weighted by Gasteiger charge is 2.19. The summed E-state index contributed by atoms with van der Waals surface area (Å²) >= 11 is 0. The van der Waals surface area contributed by atoms with Crippen LogP contribution in [0.5, 0.6) is 5.75 Å². The molecule has 1 aromatic carbocycles. The second-order valence-corrected chi connectivity index (χ2v) is 6.21. The molecule has 3 aromatic rings.